The Morgan fingerprint density at radius 1 is 1.15 bits per heavy atom. The molecule has 0 radical (unpaired) electrons. The number of sulfonamides is 1. The molecule has 136 valence electrons. The molecule has 0 amide bonds. The van der Waals surface area contributed by atoms with Crippen LogP contribution in [0, 0.1) is 10.1 Å². The zero-order chi connectivity index (χ0) is 19.0. The fourth-order valence-electron chi connectivity index (χ4n) is 2.59. The van der Waals surface area contributed by atoms with Crippen LogP contribution < -0.4 is 4.72 Å². The molecule has 8 nitrogen and oxygen atoms in total. The third-order valence-corrected chi connectivity index (χ3v) is 5.99. The van der Waals surface area contributed by atoms with Crippen molar-refractivity contribution in [2.45, 2.75) is 4.90 Å². The molecule has 1 N–H and O–H groups in total. The Bertz CT molecular complexity index is 1230. The van der Waals surface area contributed by atoms with Gasteiger partial charge in [-0.25, -0.2) is 13.4 Å². The fourth-order valence-corrected chi connectivity index (χ4v) is 4.38. The van der Waals surface area contributed by atoms with Gasteiger partial charge in [-0.15, -0.1) is 11.3 Å². The van der Waals surface area contributed by atoms with Crippen molar-refractivity contribution in [3.05, 3.63) is 76.4 Å². The summed E-state index contributed by atoms with van der Waals surface area (Å²) in [7, 11) is -3.96. The number of aromatic nitrogens is 2. The topological polar surface area (TPSA) is 107 Å². The van der Waals surface area contributed by atoms with Gasteiger partial charge in [0.25, 0.3) is 15.7 Å². The summed E-state index contributed by atoms with van der Waals surface area (Å²) in [5.41, 5.74) is 1.53. The first kappa shape index (κ1) is 17.2. The van der Waals surface area contributed by atoms with Crippen molar-refractivity contribution < 1.29 is 13.3 Å². The van der Waals surface area contributed by atoms with Crippen LogP contribution in [0.1, 0.15) is 0 Å². The van der Waals surface area contributed by atoms with Gasteiger partial charge in [0.05, 0.1) is 15.5 Å². The number of non-ortho nitro benzene ring substituents is 1. The van der Waals surface area contributed by atoms with Crippen LogP contribution in [0.25, 0.3) is 16.2 Å². The Morgan fingerprint density at radius 2 is 1.96 bits per heavy atom. The Kier molecular flexibility index (Phi) is 4.13. The molecule has 4 aromatic rings. The smallest absolute Gasteiger partial charge is 0.270 e. The van der Waals surface area contributed by atoms with Crippen molar-refractivity contribution >= 4 is 37.7 Å². The van der Waals surface area contributed by atoms with Crippen LogP contribution in [0.4, 0.5) is 11.4 Å². The number of anilines is 1. The maximum atomic E-state index is 12.6. The normalized spacial score (nSPS) is 11.6. The van der Waals surface area contributed by atoms with Crippen molar-refractivity contribution in [3.63, 3.8) is 0 Å². The van der Waals surface area contributed by atoms with Crippen molar-refractivity contribution in [1.29, 1.82) is 0 Å². The van der Waals surface area contributed by atoms with Crippen LogP contribution in [0.15, 0.2) is 71.2 Å². The van der Waals surface area contributed by atoms with Crippen molar-refractivity contribution in [1.82, 2.24) is 9.38 Å². The van der Waals surface area contributed by atoms with Gasteiger partial charge < -0.3 is 0 Å². The SMILES string of the molecule is O=[N+]([O-])c1cccc(S(=O)(=O)Nc2cccc(-c3cn4ccsc4n3)c2)c1. The summed E-state index contributed by atoms with van der Waals surface area (Å²) in [5.74, 6) is 0. The Labute approximate surface area is 157 Å². The van der Waals surface area contributed by atoms with E-state index in [4.69, 9.17) is 0 Å². The van der Waals surface area contributed by atoms with E-state index in [0.717, 1.165) is 22.3 Å². The number of nitrogens with one attached hydrogen (secondary N) is 1. The van der Waals surface area contributed by atoms with Gasteiger partial charge in [0, 0.05) is 41.2 Å². The summed E-state index contributed by atoms with van der Waals surface area (Å²) in [4.78, 5) is 15.4. The molecule has 0 atom stereocenters. The lowest BCUT2D eigenvalue weighted by atomic mass is 10.1. The van der Waals surface area contributed by atoms with Gasteiger partial charge in [0.1, 0.15) is 0 Å². The van der Waals surface area contributed by atoms with E-state index < -0.39 is 14.9 Å². The molecule has 10 heteroatoms. The molecule has 0 bridgehead atoms. The summed E-state index contributed by atoms with van der Waals surface area (Å²) in [6.07, 6.45) is 3.76. The van der Waals surface area contributed by atoms with Gasteiger partial charge in [-0.3, -0.25) is 19.2 Å². The number of nitrogens with zero attached hydrogens (tertiary/aromatic N) is 3. The molecule has 4 rings (SSSR count). The molecule has 0 aliphatic rings. The van der Waals surface area contributed by atoms with Crippen LogP contribution in [-0.2, 0) is 10.0 Å². The van der Waals surface area contributed by atoms with E-state index in [9.17, 15) is 18.5 Å². The first-order valence-corrected chi connectivity index (χ1v) is 10.1. The number of nitro benzene ring substituents is 1. The predicted molar refractivity (Wildman–Crippen MR) is 102 cm³/mol. The fraction of sp³-hybridized carbons (Fsp3) is 0. The van der Waals surface area contributed by atoms with Gasteiger partial charge in [-0.2, -0.15) is 0 Å². The number of hydrogen-bond donors (Lipinski definition) is 1. The summed E-state index contributed by atoms with van der Waals surface area (Å²) in [5, 5.41) is 12.8. The molecule has 0 aliphatic carbocycles. The van der Waals surface area contributed by atoms with E-state index >= 15 is 0 Å². The number of benzene rings is 2. The number of imidazole rings is 1. The molecule has 2 aromatic carbocycles. The first-order valence-electron chi connectivity index (χ1n) is 7.72. The maximum absolute atomic E-state index is 12.6. The summed E-state index contributed by atoms with van der Waals surface area (Å²) < 4.78 is 29.5. The standard InChI is InChI=1S/C17H12N4O4S2/c22-21(23)14-5-2-6-15(10-14)27(24,25)19-13-4-1-3-12(9-13)16-11-20-7-8-26-17(20)18-16/h1-11,19H. The van der Waals surface area contributed by atoms with Gasteiger partial charge in [-0.05, 0) is 18.2 Å². The first-order chi connectivity index (χ1) is 12.9. The molecular formula is C17H12N4O4S2. The average molecular weight is 400 g/mol. The van der Waals surface area contributed by atoms with Gasteiger partial charge in [-0.1, -0.05) is 18.2 Å². The van der Waals surface area contributed by atoms with E-state index in [1.165, 1.54) is 29.5 Å². The van der Waals surface area contributed by atoms with Gasteiger partial charge in [0.2, 0.25) is 0 Å². The third-order valence-electron chi connectivity index (χ3n) is 3.84. The quantitative estimate of drug-likeness (QED) is 0.405. The molecule has 0 saturated carbocycles. The minimum absolute atomic E-state index is 0.176. The number of hydrogen-bond acceptors (Lipinski definition) is 6. The van der Waals surface area contributed by atoms with E-state index in [1.807, 2.05) is 28.2 Å². The van der Waals surface area contributed by atoms with E-state index in [0.29, 0.717) is 5.69 Å². The van der Waals surface area contributed by atoms with Crippen LogP contribution >= 0.6 is 11.3 Å². The summed E-state index contributed by atoms with van der Waals surface area (Å²) in [6.45, 7) is 0. The molecule has 2 aromatic heterocycles. The number of rotatable bonds is 5. The minimum Gasteiger partial charge on any atom is -0.297 e. The van der Waals surface area contributed by atoms with E-state index in [2.05, 4.69) is 9.71 Å². The van der Waals surface area contributed by atoms with Gasteiger partial charge in [0.15, 0.2) is 4.96 Å². The molecule has 0 saturated heterocycles. The van der Waals surface area contributed by atoms with Crippen molar-refractivity contribution in [2.75, 3.05) is 4.72 Å². The zero-order valence-corrected chi connectivity index (χ0v) is 15.3. The van der Waals surface area contributed by atoms with Crippen molar-refractivity contribution in [2.24, 2.45) is 0 Å². The van der Waals surface area contributed by atoms with Crippen molar-refractivity contribution in [3.8, 4) is 11.3 Å². The Balaban J connectivity index is 1.65. The minimum atomic E-state index is -3.96. The number of nitro groups is 1. The highest BCUT2D eigenvalue weighted by atomic mass is 32.2. The van der Waals surface area contributed by atoms with Crippen LogP contribution in [0.5, 0.6) is 0 Å². The highest BCUT2D eigenvalue weighted by Gasteiger charge is 2.18. The summed E-state index contributed by atoms with van der Waals surface area (Å²) >= 11 is 1.50. The second-order valence-electron chi connectivity index (χ2n) is 5.66. The molecule has 0 spiro atoms. The average Bonchev–Trinajstić information content (AvgIpc) is 3.24. The molecular weight excluding hydrogens is 388 g/mol. The van der Waals surface area contributed by atoms with Crippen LogP contribution in [-0.4, -0.2) is 22.7 Å². The van der Waals surface area contributed by atoms with Crippen LogP contribution in [0.3, 0.4) is 0 Å². The lowest BCUT2D eigenvalue weighted by molar-refractivity contribution is -0.385. The second-order valence-corrected chi connectivity index (χ2v) is 8.22. The van der Waals surface area contributed by atoms with Gasteiger partial charge >= 0.3 is 0 Å². The highest BCUT2D eigenvalue weighted by Crippen LogP contribution is 2.26. The molecule has 0 fully saturated rings. The van der Waals surface area contributed by atoms with E-state index in [-0.39, 0.29) is 10.6 Å². The highest BCUT2D eigenvalue weighted by molar-refractivity contribution is 7.92. The van der Waals surface area contributed by atoms with E-state index in [1.54, 1.807) is 18.2 Å². The number of fused-ring (bicyclic) bond motifs is 1. The predicted octanol–water partition coefficient (Wildman–Crippen LogP) is 3.77. The molecule has 0 unspecified atom stereocenters. The number of thiazole rings is 1. The third kappa shape index (κ3) is 3.39. The molecule has 2 heterocycles. The molecule has 27 heavy (non-hydrogen) atoms. The Morgan fingerprint density at radius 3 is 2.74 bits per heavy atom. The lowest BCUT2D eigenvalue weighted by Gasteiger charge is -2.09. The monoisotopic (exact) mass is 400 g/mol. The molecule has 0 aliphatic heterocycles. The lowest BCUT2D eigenvalue weighted by Crippen LogP contribution is -2.13. The largest absolute Gasteiger partial charge is 0.297 e. The maximum Gasteiger partial charge on any atom is 0.270 e. The summed E-state index contributed by atoms with van der Waals surface area (Å²) in [6, 6.07) is 11.7. The zero-order valence-electron chi connectivity index (χ0n) is 13.6. The Hall–Kier alpha value is -3.24. The van der Waals surface area contributed by atoms with Crippen LogP contribution in [0.2, 0.25) is 0 Å². The second kappa shape index (κ2) is 6.49.